The van der Waals surface area contributed by atoms with Crippen LogP contribution in [0.1, 0.15) is 16.2 Å². The molecule has 116 valence electrons. The topological polar surface area (TPSA) is 109 Å². The van der Waals surface area contributed by atoms with Gasteiger partial charge in [-0.1, -0.05) is 18.2 Å². The van der Waals surface area contributed by atoms with Gasteiger partial charge in [0.05, 0.1) is 4.90 Å². The Morgan fingerprint density at radius 1 is 1.32 bits per heavy atom. The van der Waals surface area contributed by atoms with E-state index in [-0.39, 0.29) is 6.54 Å². The molecule has 2 aromatic rings. The van der Waals surface area contributed by atoms with Crippen LogP contribution in [0.15, 0.2) is 46.1 Å². The van der Waals surface area contributed by atoms with Gasteiger partial charge in [0.25, 0.3) is 0 Å². The monoisotopic (exact) mass is 322 g/mol. The van der Waals surface area contributed by atoms with Gasteiger partial charge in [0.2, 0.25) is 5.43 Å². The molecule has 1 aromatic carbocycles. The van der Waals surface area contributed by atoms with Crippen LogP contribution in [0.3, 0.4) is 0 Å². The van der Waals surface area contributed by atoms with E-state index in [2.05, 4.69) is 4.72 Å². The number of carboxylic acid groups (broad SMARTS) is 1. The average Bonchev–Trinajstić information content (AvgIpc) is 2.50. The third-order valence-electron chi connectivity index (χ3n) is 3.07. The van der Waals surface area contributed by atoms with E-state index in [0.717, 1.165) is 6.07 Å². The van der Waals surface area contributed by atoms with Crippen LogP contribution in [-0.2, 0) is 24.6 Å². The maximum absolute atomic E-state index is 12.0. The Balaban J connectivity index is 2.26. The number of pyridine rings is 1. The van der Waals surface area contributed by atoms with Gasteiger partial charge in [0, 0.05) is 25.4 Å². The first-order valence-electron chi connectivity index (χ1n) is 6.27. The van der Waals surface area contributed by atoms with Crippen molar-refractivity contribution in [2.45, 2.75) is 11.4 Å². The number of nitrogens with one attached hydrogen (secondary N) is 1. The number of hydrogen-bond acceptors (Lipinski definition) is 4. The third-order valence-corrected chi connectivity index (χ3v) is 4.17. The molecular weight excluding hydrogens is 308 g/mol. The van der Waals surface area contributed by atoms with E-state index >= 15 is 0 Å². The zero-order chi connectivity index (χ0) is 16.3. The molecule has 0 bridgehead atoms. The van der Waals surface area contributed by atoms with Crippen LogP contribution in [0, 0.1) is 0 Å². The lowest BCUT2D eigenvalue weighted by molar-refractivity contribution is 0.0681. The molecule has 0 saturated carbocycles. The molecule has 1 atom stereocenters. The summed E-state index contributed by atoms with van der Waals surface area (Å²) in [5, 5.41) is 18.6. The molecule has 1 aromatic heterocycles. The van der Waals surface area contributed by atoms with Crippen molar-refractivity contribution in [3.63, 3.8) is 0 Å². The lowest BCUT2D eigenvalue weighted by atomic mass is 10.2. The maximum atomic E-state index is 12.0. The minimum absolute atomic E-state index is 0.00774. The van der Waals surface area contributed by atoms with Crippen molar-refractivity contribution in [1.82, 2.24) is 9.29 Å². The fraction of sp³-hybridized carbons (Fsp3) is 0.143. The smallest absolute Gasteiger partial charge is 0.356 e. The number of hydrogen-bond donors (Lipinski definition) is 3. The van der Waals surface area contributed by atoms with E-state index in [1.807, 2.05) is 0 Å². The fourth-order valence-electron chi connectivity index (χ4n) is 1.92. The van der Waals surface area contributed by atoms with Crippen molar-refractivity contribution in [3.05, 3.63) is 58.0 Å². The Hall–Kier alpha value is -2.45. The van der Waals surface area contributed by atoms with Crippen LogP contribution in [-0.4, -0.2) is 25.0 Å². The molecule has 2 rings (SSSR count). The zero-order valence-electron chi connectivity index (χ0n) is 11.6. The molecule has 0 amide bonds. The van der Waals surface area contributed by atoms with E-state index < -0.39 is 33.8 Å². The van der Waals surface area contributed by atoms with Gasteiger partial charge in [-0.25, -0.2) is 13.7 Å². The Morgan fingerprint density at radius 2 is 1.95 bits per heavy atom. The number of aromatic nitrogens is 1. The lowest BCUT2D eigenvalue weighted by Crippen LogP contribution is -2.24. The number of carboxylic acids is 1. The van der Waals surface area contributed by atoms with Crippen molar-refractivity contribution in [2.75, 3.05) is 0 Å². The number of rotatable bonds is 5. The van der Waals surface area contributed by atoms with Gasteiger partial charge in [0.15, 0.2) is 11.4 Å². The average molecular weight is 322 g/mol. The second kappa shape index (κ2) is 6.54. The van der Waals surface area contributed by atoms with Crippen LogP contribution in [0.5, 0.6) is 5.75 Å². The highest BCUT2D eigenvalue weighted by Gasteiger charge is 2.18. The molecule has 0 fully saturated rings. The van der Waals surface area contributed by atoms with Gasteiger partial charge in [-0.15, -0.1) is 0 Å². The Labute approximate surface area is 128 Å². The van der Waals surface area contributed by atoms with Gasteiger partial charge in [0.1, 0.15) is 11.0 Å². The first-order valence-corrected chi connectivity index (χ1v) is 7.42. The van der Waals surface area contributed by atoms with E-state index in [1.54, 1.807) is 30.3 Å². The number of carbonyl (C=O) groups is 1. The number of aromatic hydroxyl groups is 1. The Morgan fingerprint density at radius 3 is 2.55 bits per heavy atom. The number of benzene rings is 1. The zero-order valence-corrected chi connectivity index (χ0v) is 12.5. The summed E-state index contributed by atoms with van der Waals surface area (Å²) in [6.45, 7) is 0.00774. The molecule has 0 spiro atoms. The molecule has 22 heavy (non-hydrogen) atoms. The van der Waals surface area contributed by atoms with E-state index in [9.17, 15) is 18.9 Å². The van der Waals surface area contributed by atoms with Crippen LogP contribution < -0.4 is 10.2 Å². The van der Waals surface area contributed by atoms with E-state index in [0.29, 0.717) is 10.6 Å². The molecular formula is C14H14N2O5S. The van der Waals surface area contributed by atoms with Crippen molar-refractivity contribution in [1.29, 1.82) is 0 Å². The van der Waals surface area contributed by atoms with Crippen LogP contribution in [0.25, 0.3) is 0 Å². The summed E-state index contributed by atoms with van der Waals surface area (Å²) < 4.78 is 15.9. The van der Waals surface area contributed by atoms with Crippen LogP contribution >= 0.6 is 0 Å². The van der Waals surface area contributed by atoms with E-state index in [4.69, 9.17) is 5.11 Å². The minimum atomic E-state index is -1.50. The highest BCUT2D eigenvalue weighted by molar-refractivity contribution is 7.83. The first kappa shape index (κ1) is 15.9. The summed E-state index contributed by atoms with van der Waals surface area (Å²) in [6.07, 6.45) is 0. The minimum Gasteiger partial charge on any atom is -0.502 e. The number of nitrogens with zero attached hydrogens (tertiary/aromatic N) is 1. The van der Waals surface area contributed by atoms with Crippen molar-refractivity contribution >= 4 is 17.0 Å². The first-order chi connectivity index (χ1) is 10.4. The highest BCUT2D eigenvalue weighted by Crippen LogP contribution is 2.13. The molecule has 1 heterocycles. The summed E-state index contributed by atoms with van der Waals surface area (Å²) in [7, 11) is -0.0889. The predicted octanol–water partition coefficient (Wildman–Crippen LogP) is 0.601. The summed E-state index contributed by atoms with van der Waals surface area (Å²) in [6, 6.07) is 9.76. The summed E-state index contributed by atoms with van der Waals surface area (Å²) in [4.78, 5) is 23.3. The second-order valence-electron chi connectivity index (χ2n) is 4.46. The van der Waals surface area contributed by atoms with Gasteiger partial charge in [-0.2, -0.15) is 0 Å². The fourth-order valence-corrected chi connectivity index (χ4v) is 2.77. The van der Waals surface area contributed by atoms with E-state index in [1.165, 1.54) is 11.6 Å². The molecule has 0 aliphatic rings. The summed E-state index contributed by atoms with van der Waals surface area (Å²) >= 11 is 0. The van der Waals surface area contributed by atoms with Gasteiger partial charge >= 0.3 is 5.97 Å². The Kier molecular flexibility index (Phi) is 4.74. The van der Waals surface area contributed by atoms with Crippen LogP contribution in [0.4, 0.5) is 0 Å². The van der Waals surface area contributed by atoms with Gasteiger partial charge < -0.3 is 14.8 Å². The standard InChI is InChI=1S/C14H14N2O5S/c1-16-9(7-11(17)13(18)12(16)14(19)20)8-15-22(21)10-5-3-2-4-6-10/h2-7,15,18H,8H2,1H3,(H,19,20). The molecule has 8 heteroatoms. The molecule has 0 aliphatic heterocycles. The van der Waals surface area contributed by atoms with Crippen molar-refractivity contribution < 1.29 is 19.2 Å². The SMILES string of the molecule is Cn1c(CNS(=O)c2ccccc2)cc(=O)c(O)c1C(=O)O. The molecule has 0 radical (unpaired) electrons. The lowest BCUT2D eigenvalue weighted by Gasteiger charge is -2.13. The van der Waals surface area contributed by atoms with Crippen molar-refractivity contribution in [2.24, 2.45) is 7.05 Å². The maximum Gasteiger partial charge on any atom is 0.356 e. The van der Waals surface area contributed by atoms with Gasteiger partial charge in [-0.3, -0.25) is 4.79 Å². The third kappa shape index (κ3) is 3.23. The number of aromatic carboxylic acids is 1. The highest BCUT2D eigenvalue weighted by atomic mass is 32.2. The second-order valence-corrected chi connectivity index (χ2v) is 5.76. The molecule has 7 nitrogen and oxygen atoms in total. The molecule has 0 aliphatic carbocycles. The summed E-state index contributed by atoms with van der Waals surface area (Å²) in [5.74, 6) is -2.23. The summed E-state index contributed by atoms with van der Waals surface area (Å²) in [5.41, 5.74) is -1.00. The molecule has 0 saturated heterocycles. The Bertz CT molecular complexity index is 786. The van der Waals surface area contributed by atoms with Crippen molar-refractivity contribution in [3.8, 4) is 5.75 Å². The quantitative estimate of drug-likeness (QED) is 0.747. The van der Waals surface area contributed by atoms with Crippen LogP contribution in [0.2, 0.25) is 0 Å². The van der Waals surface area contributed by atoms with Gasteiger partial charge in [-0.05, 0) is 12.1 Å². The molecule has 1 unspecified atom stereocenters. The predicted molar refractivity (Wildman–Crippen MR) is 80.0 cm³/mol. The largest absolute Gasteiger partial charge is 0.502 e. The normalized spacial score (nSPS) is 12.0. The molecule has 3 N–H and O–H groups in total.